The molecule has 0 spiro atoms. The molecule has 3 heterocycles. The smallest absolute Gasteiger partial charge is 0.266 e. The van der Waals surface area contributed by atoms with Crippen LogP contribution < -0.4 is 10.5 Å². The number of aromatic nitrogens is 4. The molecule has 0 unspecified atom stereocenters. The van der Waals surface area contributed by atoms with Crippen molar-refractivity contribution >= 4 is 16.9 Å². The lowest BCUT2D eigenvalue weighted by Crippen LogP contribution is -2.50. The van der Waals surface area contributed by atoms with Crippen LogP contribution in [0.5, 0.6) is 0 Å². The molecule has 0 amide bonds. The predicted molar refractivity (Wildman–Crippen MR) is 88.5 cm³/mol. The van der Waals surface area contributed by atoms with Gasteiger partial charge in [0.1, 0.15) is 5.82 Å². The highest BCUT2D eigenvalue weighted by molar-refractivity contribution is 5.75. The maximum atomic E-state index is 11.8. The standard InChI is InChI=1S/C17H17N5O/c1-12-6-7-17(23)22(20-12)11-13-9-21(10-13)16-8-18-14-4-2-3-5-15(14)19-16/h2-8,13H,9-11H2,1H3. The summed E-state index contributed by atoms with van der Waals surface area (Å²) in [5.74, 6) is 1.31. The molecule has 23 heavy (non-hydrogen) atoms. The van der Waals surface area contributed by atoms with Gasteiger partial charge in [0.15, 0.2) is 0 Å². The second-order valence-corrected chi connectivity index (χ2v) is 5.98. The minimum absolute atomic E-state index is 0.0421. The Morgan fingerprint density at radius 2 is 1.91 bits per heavy atom. The average molecular weight is 307 g/mol. The molecule has 0 bridgehead atoms. The molecule has 3 aromatic rings. The lowest BCUT2D eigenvalue weighted by molar-refractivity contribution is 0.332. The lowest BCUT2D eigenvalue weighted by Gasteiger charge is -2.40. The number of para-hydroxylation sites is 2. The Labute approximate surface area is 133 Å². The molecule has 1 aliphatic rings. The van der Waals surface area contributed by atoms with E-state index in [0.29, 0.717) is 12.5 Å². The van der Waals surface area contributed by atoms with Gasteiger partial charge in [0.2, 0.25) is 0 Å². The van der Waals surface area contributed by atoms with Crippen LogP contribution in [0.4, 0.5) is 5.82 Å². The fourth-order valence-electron chi connectivity index (χ4n) is 2.90. The predicted octanol–water partition coefficient (Wildman–Crippen LogP) is 1.63. The molecule has 116 valence electrons. The summed E-state index contributed by atoms with van der Waals surface area (Å²) in [5.41, 5.74) is 2.63. The Morgan fingerprint density at radius 1 is 1.13 bits per heavy atom. The molecule has 1 aromatic carbocycles. The summed E-state index contributed by atoms with van der Waals surface area (Å²) in [6.45, 7) is 4.29. The molecule has 0 aliphatic carbocycles. The van der Waals surface area contributed by atoms with Crippen LogP contribution in [0.1, 0.15) is 5.69 Å². The number of benzene rings is 1. The highest BCUT2D eigenvalue weighted by Crippen LogP contribution is 2.24. The van der Waals surface area contributed by atoms with Gasteiger partial charge in [0, 0.05) is 25.1 Å². The Hall–Kier alpha value is -2.76. The third kappa shape index (κ3) is 2.67. The number of fused-ring (bicyclic) bond motifs is 1. The van der Waals surface area contributed by atoms with Crippen LogP contribution >= 0.6 is 0 Å². The molecule has 1 saturated heterocycles. The van der Waals surface area contributed by atoms with E-state index in [-0.39, 0.29) is 5.56 Å². The number of aryl methyl sites for hydroxylation is 1. The Bertz CT molecular complexity index is 914. The molecule has 0 saturated carbocycles. The van der Waals surface area contributed by atoms with E-state index in [1.165, 1.54) is 0 Å². The molecule has 1 fully saturated rings. The van der Waals surface area contributed by atoms with E-state index in [4.69, 9.17) is 0 Å². The van der Waals surface area contributed by atoms with E-state index < -0.39 is 0 Å². The van der Waals surface area contributed by atoms with Gasteiger partial charge in [-0.2, -0.15) is 5.10 Å². The van der Waals surface area contributed by atoms with Gasteiger partial charge in [-0.05, 0) is 25.1 Å². The van der Waals surface area contributed by atoms with Crippen LogP contribution in [0.15, 0.2) is 47.4 Å². The van der Waals surface area contributed by atoms with Crippen molar-refractivity contribution in [1.82, 2.24) is 19.7 Å². The molecule has 6 nitrogen and oxygen atoms in total. The minimum atomic E-state index is -0.0421. The summed E-state index contributed by atoms with van der Waals surface area (Å²) in [7, 11) is 0. The molecule has 1 aliphatic heterocycles. The van der Waals surface area contributed by atoms with Crippen molar-refractivity contribution in [1.29, 1.82) is 0 Å². The highest BCUT2D eigenvalue weighted by atomic mass is 16.1. The summed E-state index contributed by atoms with van der Waals surface area (Å²) in [6, 6.07) is 11.2. The van der Waals surface area contributed by atoms with Crippen molar-refractivity contribution in [3.05, 3.63) is 58.6 Å². The zero-order valence-electron chi connectivity index (χ0n) is 12.9. The Kier molecular flexibility index (Phi) is 3.29. The monoisotopic (exact) mass is 307 g/mol. The van der Waals surface area contributed by atoms with Crippen LogP contribution in [-0.4, -0.2) is 32.8 Å². The van der Waals surface area contributed by atoms with E-state index in [0.717, 1.165) is 35.6 Å². The molecular formula is C17H17N5O. The van der Waals surface area contributed by atoms with Gasteiger partial charge in [-0.1, -0.05) is 12.1 Å². The molecule has 6 heteroatoms. The molecular weight excluding hydrogens is 290 g/mol. The van der Waals surface area contributed by atoms with E-state index in [2.05, 4.69) is 20.0 Å². The average Bonchev–Trinajstić information content (AvgIpc) is 2.53. The first-order valence-corrected chi connectivity index (χ1v) is 7.70. The summed E-state index contributed by atoms with van der Waals surface area (Å²) >= 11 is 0. The van der Waals surface area contributed by atoms with E-state index >= 15 is 0 Å². The number of nitrogens with zero attached hydrogens (tertiary/aromatic N) is 5. The van der Waals surface area contributed by atoms with Crippen molar-refractivity contribution in [3.63, 3.8) is 0 Å². The fraction of sp³-hybridized carbons (Fsp3) is 0.294. The first-order valence-electron chi connectivity index (χ1n) is 7.70. The summed E-state index contributed by atoms with van der Waals surface area (Å²) < 4.78 is 1.56. The minimum Gasteiger partial charge on any atom is -0.354 e. The number of rotatable bonds is 3. The maximum Gasteiger partial charge on any atom is 0.266 e. The van der Waals surface area contributed by atoms with Gasteiger partial charge in [-0.3, -0.25) is 9.78 Å². The highest BCUT2D eigenvalue weighted by Gasteiger charge is 2.28. The third-order valence-electron chi connectivity index (χ3n) is 4.15. The largest absolute Gasteiger partial charge is 0.354 e. The van der Waals surface area contributed by atoms with Gasteiger partial charge >= 0.3 is 0 Å². The SMILES string of the molecule is Cc1ccc(=O)n(CC2CN(c3cnc4ccccc4n3)C2)n1. The van der Waals surface area contributed by atoms with Gasteiger partial charge in [-0.25, -0.2) is 9.67 Å². The van der Waals surface area contributed by atoms with Crippen LogP contribution in [0.2, 0.25) is 0 Å². The van der Waals surface area contributed by atoms with Crippen LogP contribution in [0.25, 0.3) is 11.0 Å². The number of hydrogen-bond donors (Lipinski definition) is 0. The quantitative estimate of drug-likeness (QED) is 0.736. The zero-order valence-corrected chi connectivity index (χ0v) is 12.9. The van der Waals surface area contributed by atoms with Crippen molar-refractivity contribution < 1.29 is 0 Å². The van der Waals surface area contributed by atoms with Crippen molar-refractivity contribution in [3.8, 4) is 0 Å². The van der Waals surface area contributed by atoms with Gasteiger partial charge in [-0.15, -0.1) is 0 Å². The van der Waals surface area contributed by atoms with Gasteiger partial charge in [0.25, 0.3) is 5.56 Å². The van der Waals surface area contributed by atoms with Crippen LogP contribution in [0, 0.1) is 12.8 Å². The molecule has 0 atom stereocenters. The summed E-state index contributed by atoms with van der Waals surface area (Å²) in [4.78, 5) is 23.1. The topological polar surface area (TPSA) is 63.9 Å². The number of anilines is 1. The second-order valence-electron chi connectivity index (χ2n) is 5.98. The maximum absolute atomic E-state index is 11.8. The van der Waals surface area contributed by atoms with Gasteiger partial charge < -0.3 is 4.90 Å². The zero-order chi connectivity index (χ0) is 15.8. The first kappa shape index (κ1) is 13.9. The van der Waals surface area contributed by atoms with Gasteiger partial charge in [0.05, 0.1) is 29.5 Å². The van der Waals surface area contributed by atoms with Crippen LogP contribution in [-0.2, 0) is 6.54 Å². The Balaban J connectivity index is 1.46. The van der Waals surface area contributed by atoms with E-state index in [1.807, 2.05) is 37.4 Å². The number of hydrogen-bond acceptors (Lipinski definition) is 5. The third-order valence-corrected chi connectivity index (χ3v) is 4.15. The normalized spacial score (nSPS) is 14.9. The lowest BCUT2D eigenvalue weighted by atomic mass is 10.0. The summed E-state index contributed by atoms with van der Waals surface area (Å²) in [5, 5.41) is 4.29. The second kappa shape index (κ2) is 5.46. The van der Waals surface area contributed by atoms with Crippen LogP contribution in [0.3, 0.4) is 0 Å². The van der Waals surface area contributed by atoms with Crippen molar-refractivity contribution in [2.24, 2.45) is 5.92 Å². The van der Waals surface area contributed by atoms with E-state index in [1.54, 1.807) is 16.8 Å². The Morgan fingerprint density at radius 3 is 2.74 bits per heavy atom. The molecule has 0 N–H and O–H groups in total. The molecule has 2 aromatic heterocycles. The first-order chi connectivity index (χ1) is 11.2. The summed E-state index contributed by atoms with van der Waals surface area (Å²) in [6.07, 6.45) is 1.82. The fourth-order valence-corrected chi connectivity index (χ4v) is 2.90. The van der Waals surface area contributed by atoms with E-state index in [9.17, 15) is 4.79 Å². The van der Waals surface area contributed by atoms with Crippen molar-refractivity contribution in [2.75, 3.05) is 18.0 Å². The van der Waals surface area contributed by atoms with Crippen molar-refractivity contribution in [2.45, 2.75) is 13.5 Å². The molecule has 0 radical (unpaired) electrons. The molecule has 4 rings (SSSR count).